The van der Waals surface area contributed by atoms with Gasteiger partial charge in [0.05, 0.1) is 0 Å². The lowest BCUT2D eigenvalue weighted by atomic mass is 9.85. The van der Waals surface area contributed by atoms with Crippen molar-refractivity contribution in [3.8, 4) is 0 Å². The van der Waals surface area contributed by atoms with Gasteiger partial charge in [-0.05, 0) is 73.4 Å². The van der Waals surface area contributed by atoms with Crippen molar-refractivity contribution >= 4 is 22.4 Å². The number of rotatable bonds is 2. The Kier molecular flexibility index (Phi) is 3.97. The average molecular weight is 289 g/mol. The lowest BCUT2D eigenvalue weighted by molar-refractivity contribution is 0.199. The minimum Gasteiger partial charge on any atom is -0.324 e. The maximum Gasteiger partial charge on any atom is 0.0412 e. The molecule has 1 heterocycles. The summed E-state index contributed by atoms with van der Waals surface area (Å²) >= 11 is 6.03. The molecule has 1 aliphatic rings. The maximum absolute atomic E-state index is 6.49. The molecule has 3 rings (SSSR count). The summed E-state index contributed by atoms with van der Waals surface area (Å²) < 4.78 is 0. The predicted octanol–water partition coefficient (Wildman–Crippen LogP) is 3.83. The highest BCUT2D eigenvalue weighted by atomic mass is 35.5. The van der Waals surface area contributed by atoms with Crippen LogP contribution in [0.1, 0.15) is 24.4 Å². The number of fused-ring (bicyclic) bond motifs is 1. The molecule has 0 saturated carbocycles. The van der Waals surface area contributed by atoms with Crippen LogP contribution in [-0.2, 0) is 0 Å². The molecule has 2 N–H and O–H groups in total. The third kappa shape index (κ3) is 2.83. The molecular formula is C17H21ClN2. The molecule has 2 aromatic carbocycles. The van der Waals surface area contributed by atoms with E-state index in [1.54, 1.807) is 0 Å². The van der Waals surface area contributed by atoms with Crippen molar-refractivity contribution in [2.24, 2.45) is 11.7 Å². The zero-order chi connectivity index (χ0) is 14.1. The quantitative estimate of drug-likeness (QED) is 0.910. The molecule has 1 saturated heterocycles. The number of nitrogens with two attached hydrogens (primary N) is 1. The Balaban J connectivity index is 1.84. The van der Waals surface area contributed by atoms with Crippen LogP contribution < -0.4 is 5.73 Å². The van der Waals surface area contributed by atoms with Crippen molar-refractivity contribution < 1.29 is 0 Å². The molecule has 0 aromatic heterocycles. The summed E-state index contributed by atoms with van der Waals surface area (Å²) in [4.78, 5) is 2.38. The van der Waals surface area contributed by atoms with E-state index in [0.29, 0.717) is 5.92 Å². The number of hydrogen-bond donors (Lipinski definition) is 1. The summed E-state index contributed by atoms with van der Waals surface area (Å²) in [5.41, 5.74) is 7.74. The minimum absolute atomic E-state index is 0.142. The van der Waals surface area contributed by atoms with Gasteiger partial charge in [-0.1, -0.05) is 29.8 Å². The maximum atomic E-state index is 6.49. The first-order valence-electron chi connectivity index (χ1n) is 7.27. The summed E-state index contributed by atoms with van der Waals surface area (Å²) in [5, 5.41) is 3.18. The van der Waals surface area contributed by atoms with Crippen LogP contribution in [0.5, 0.6) is 0 Å². The fourth-order valence-electron chi connectivity index (χ4n) is 3.10. The zero-order valence-corrected chi connectivity index (χ0v) is 12.6. The van der Waals surface area contributed by atoms with Gasteiger partial charge in [-0.3, -0.25) is 0 Å². The fourth-order valence-corrected chi connectivity index (χ4v) is 3.28. The van der Waals surface area contributed by atoms with Gasteiger partial charge in [0.1, 0.15) is 0 Å². The van der Waals surface area contributed by atoms with Crippen molar-refractivity contribution in [3.63, 3.8) is 0 Å². The third-order valence-corrected chi connectivity index (χ3v) is 4.72. The second kappa shape index (κ2) is 5.72. The smallest absolute Gasteiger partial charge is 0.0412 e. The second-order valence-electron chi connectivity index (χ2n) is 5.92. The minimum atomic E-state index is 0.142. The van der Waals surface area contributed by atoms with E-state index >= 15 is 0 Å². The van der Waals surface area contributed by atoms with Crippen LogP contribution in [0.2, 0.25) is 5.02 Å². The first-order valence-corrected chi connectivity index (χ1v) is 7.64. The van der Waals surface area contributed by atoms with Gasteiger partial charge >= 0.3 is 0 Å². The molecule has 1 fully saturated rings. The molecule has 0 bridgehead atoms. The van der Waals surface area contributed by atoms with Gasteiger partial charge in [0.15, 0.2) is 0 Å². The Labute approximate surface area is 125 Å². The molecule has 2 aromatic rings. The van der Waals surface area contributed by atoms with Crippen LogP contribution in [0.15, 0.2) is 36.4 Å². The molecule has 20 heavy (non-hydrogen) atoms. The van der Waals surface area contributed by atoms with E-state index in [9.17, 15) is 0 Å². The van der Waals surface area contributed by atoms with Gasteiger partial charge in [-0.25, -0.2) is 0 Å². The summed E-state index contributed by atoms with van der Waals surface area (Å²) in [6.45, 7) is 2.31. The van der Waals surface area contributed by atoms with E-state index in [1.807, 2.05) is 12.1 Å². The van der Waals surface area contributed by atoms with Crippen molar-refractivity contribution in [3.05, 3.63) is 47.0 Å². The van der Waals surface area contributed by atoms with Crippen LogP contribution in [0.25, 0.3) is 10.8 Å². The number of nitrogens with zero attached hydrogens (tertiary/aromatic N) is 1. The molecule has 1 atom stereocenters. The first-order chi connectivity index (χ1) is 9.63. The predicted molar refractivity (Wildman–Crippen MR) is 86.1 cm³/mol. The molecule has 2 nitrogen and oxygen atoms in total. The molecule has 1 aliphatic heterocycles. The molecule has 0 spiro atoms. The van der Waals surface area contributed by atoms with Crippen LogP contribution >= 0.6 is 11.6 Å². The molecule has 0 aliphatic carbocycles. The summed E-state index contributed by atoms with van der Waals surface area (Å²) in [6.07, 6.45) is 2.38. The van der Waals surface area contributed by atoms with E-state index < -0.39 is 0 Å². The first kappa shape index (κ1) is 13.9. The van der Waals surface area contributed by atoms with E-state index in [4.69, 9.17) is 17.3 Å². The Bertz CT molecular complexity index is 603. The Morgan fingerprint density at radius 2 is 1.75 bits per heavy atom. The van der Waals surface area contributed by atoms with Crippen molar-refractivity contribution in [1.82, 2.24) is 4.90 Å². The number of likely N-dealkylation sites (tertiary alicyclic amines) is 1. The number of hydrogen-bond acceptors (Lipinski definition) is 2. The number of halogens is 1. The highest BCUT2D eigenvalue weighted by Gasteiger charge is 2.23. The number of piperidine rings is 1. The topological polar surface area (TPSA) is 29.3 Å². The molecule has 1 unspecified atom stereocenters. The van der Waals surface area contributed by atoms with E-state index in [-0.39, 0.29) is 6.04 Å². The van der Waals surface area contributed by atoms with Gasteiger partial charge in [0, 0.05) is 11.1 Å². The standard InChI is InChI=1S/C17H21ClN2/c1-20-8-6-12(7-9-20)17(19)15-3-2-14-11-16(18)5-4-13(14)10-15/h2-5,10-12,17H,6-9,19H2,1H3. The third-order valence-electron chi connectivity index (χ3n) is 4.48. The Morgan fingerprint density at radius 1 is 1.10 bits per heavy atom. The van der Waals surface area contributed by atoms with Gasteiger partial charge in [0.2, 0.25) is 0 Å². The van der Waals surface area contributed by atoms with E-state index in [1.165, 1.54) is 29.2 Å². The molecule has 3 heteroatoms. The molecule has 0 amide bonds. The summed E-state index contributed by atoms with van der Waals surface area (Å²) in [6, 6.07) is 12.7. The Hall–Kier alpha value is -1.09. The van der Waals surface area contributed by atoms with Gasteiger partial charge in [0.25, 0.3) is 0 Å². The van der Waals surface area contributed by atoms with Gasteiger partial charge < -0.3 is 10.6 Å². The lowest BCUT2D eigenvalue weighted by Gasteiger charge is -2.32. The van der Waals surface area contributed by atoms with Crippen LogP contribution in [0.4, 0.5) is 0 Å². The van der Waals surface area contributed by atoms with Crippen LogP contribution in [-0.4, -0.2) is 25.0 Å². The van der Waals surface area contributed by atoms with Crippen molar-refractivity contribution in [2.75, 3.05) is 20.1 Å². The number of benzene rings is 2. The highest BCUT2D eigenvalue weighted by molar-refractivity contribution is 6.31. The Morgan fingerprint density at radius 3 is 2.50 bits per heavy atom. The zero-order valence-electron chi connectivity index (χ0n) is 11.8. The van der Waals surface area contributed by atoms with Crippen LogP contribution in [0, 0.1) is 5.92 Å². The second-order valence-corrected chi connectivity index (χ2v) is 6.35. The summed E-state index contributed by atoms with van der Waals surface area (Å²) in [5.74, 6) is 0.593. The van der Waals surface area contributed by atoms with Gasteiger partial charge in [-0.2, -0.15) is 0 Å². The molecule has 106 valence electrons. The van der Waals surface area contributed by atoms with E-state index in [2.05, 4.69) is 36.2 Å². The van der Waals surface area contributed by atoms with Crippen molar-refractivity contribution in [1.29, 1.82) is 0 Å². The SMILES string of the molecule is CN1CCC(C(N)c2ccc3cc(Cl)ccc3c2)CC1. The largest absolute Gasteiger partial charge is 0.324 e. The van der Waals surface area contributed by atoms with E-state index in [0.717, 1.165) is 18.1 Å². The monoisotopic (exact) mass is 288 g/mol. The molecule has 0 radical (unpaired) electrons. The highest BCUT2D eigenvalue weighted by Crippen LogP contribution is 2.30. The summed E-state index contributed by atoms with van der Waals surface area (Å²) in [7, 11) is 2.18. The normalized spacial score (nSPS) is 19.4. The van der Waals surface area contributed by atoms with Gasteiger partial charge in [-0.15, -0.1) is 0 Å². The van der Waals surface area contributed by atoms with Crippen molar-refractivity contribution in [2.45, 2.75) is 18.9 Å². The molecular weight excluding hydrogens is 268 g/mol. The van der Waals surface area contributed by atoms with Crippen LogP contribution in [0.3, 0.4) is 0 Å². The average Bonchev–Trinajstić information content (AvgIpc) is 2.47. The lowest BCUT2D eigenvalue weighted by Crippen LogP contribution is -2.35. The fraction of sp³-hybridized carbons (Fsp3) is 0.412.